The summed E-state index contributed by atoms with van der Waals surface area (Å²) >= 11 is 1.62. The molecule has 1 aliphatic rings. The van der Waals surface area contributed by atoms with Crippen LogP contribution in [0.3, 0.4) is 0 Å². The Hall–Kier alpha value is -1.69. The average Bonchev–Trinajstić information content (AvgIpc) is 3.08. The highest BCUT2D eigenvalue weighted by Gasteiger charge is 2.27. The highest BCUT2D eigenvalue weighted by molar-refractivity contribution is 7.07. The third-order valence-corrected chi connectivity index (χ3v) is 3.51. The second-order valence-corrected chi connectivity index (χ2v) is 5.19. The van der Waals surface area contributed by atoms with Crippen LogP contribution in [0.1, 0.15) is 30.3 Å². The molecule has 1 fully saturated rings. The van der Waals surface area contributed by atoms with Gasteiger partial charge in [0.2, 0.25) is 0 Å². The van der Waals surface area contributed by atoms with Gasteiger partial charge in [-0.25, -0.2) is 15.0 Å². The van der Waals surface area contributed by atoms with Gasteiger partial charge in [-0.1, -0.05) is 0 Å². The van der Waals surface area contributed by atoms with Crippen LogP contribution < -0.4 is 11.1 Å². The number of aromatic nitrogens is 3. The van der Waals surface area contributed by atoms with Crippen molar-refractivity contribution in [1.82, 2.24) is 15.0 Å². The fourth-order valence-corrected chi connectivity index (χ4v) is 2.37. The first-order chi connectivity index (χ1) is 8.81. The summed E-state index contributed by atoms with van der Waals surface area (Å²) in [6, 6.07) is 1.78. The molecule has 0 atom stereocenters. The quantitative estimate of drug-likeness (QED) is 0.861. The van der Waals surface area contributed by atoms with E-state index in [2.05, 4.69) is 25.6 Å². The molecule has 0 spiro atoms. The van der Waals surface area contributed by atoms with Gasteiger partial charge in [0.25, 0.3) is 0 Å². The predicted molar refractivity (Wildman–Crippen MR) is 72.7 cm³/mol. The Labute approximate surface area is 109 Å². The topological polar surface area (TPSA) is 76.7 Å². The molecule has 5 nitrogen and oxygen atoms in total. The highest BCUT2D eigenvalue weighted by atomic mass is 32.1. The Bertz CT molecular complexity index is 521. The first-order valence-corrected chi connectivity index (χ1v) is 7.01. The first-order valence-electron chi connectivity index (χ1n) is 6.06. The molecule has 0 bridgehead atoms. The molecule has 3 N–H and O–H groups in total. The molecule has 0 unspecified atom stereocenters. The average molecular weight is 261 g/mol. The van der Waals surface area contributed by atoms with E-state index in [9.17, 15) is 0 Å². The molecule has 2 aromatic rings. The fourth-order valence-electron chi connectivity index (χ4n) is 1.78. The molecule has 1 aliphatic carbocycles. The molecule has 0 saturated heterocycles. The van der Waals surface area contributed by atoms with Gasteiger partial charge >= 0.3 is 0 Å². The highest BCUT2D eigenvalue weighted by Crippen LogP contribution is 2.38. The molecule has 3 rings (SSSR count). The van der Waals surface area contributed by atoms with Crippen LogP contribution in [-0.2, 0) is 6.42 Å². The summed E-state index contributed by atoms with van der Waals surface area (Å²) in [6.07, 6.45) is 3.26. The van der Waals surface area contributed by atoms with Gasteiger partial charge in [-0.2, -0.15) is 0 Å². The lowest BCUT2D eigenvalue weighted by atomic mass is 10.3. The maximum Gasteiger partial charge on any atom is 0.136 e. The van der Waals surface area contributed by atoms with Crippen molar-refractivity contribution >= 4 is 23.0 Å². The summed E-state index contributed by atoms with van der Waals surface area (Å²) in [5.74, 6) is 2.77. The molecule has 1 saturated carbocycles. The maximum atomic E-state index is 5.79. The Morgan fingerprint density at radius 2 is 2.28 bits per heavy atom. The van der Waals surface area contributed by atoms with E-state index in [1.54, 1.807) is 17.4 Å². The maximum absolute atomic E-state index is 5.79. The summed E-state index contributed by atoms with van der Waals surface area (Å²) < 4.78 is 0. The Kier molecular flexibility index (Phi) is 3.10. The summed E-state index contributed by atoms with van der Waals surface area (Å²) in [5, 5.41) is 5.34. The first kappa shape index (κ1) is 11.4. The van der Waals surface area contributed by atoms with Gasteiger partial charge in [0.15, 0.2) is 0 Å². The van der Waals surface area contributed by atoms with Crippen molar-refractivity contribution in [3.8, 4) is 0 Å². The lowest BCUT2D eigenvalue weighted by molar-refractivity contribution is 0.914. The van der Waals surface area contributed by atoms with E-state index in [1.807, 2.05) is 5.51 Å². The van der Waals surface area contributed by atoms with Crippen LogP contribution in [-0.4, -0.2) is 21.5 Å². The minimum absolute atomic E-state index is 0.521. The van der Waals surface area contributed by atoms with Gasteiger partial charge < -0.3 is 11.1 Å². The van der Waals surface area contributed by atoms with Crippen molar-refractivity contribution in [3.05, 3.63) is 28.5 Å². The summed E-state index contributed by atoms with van der Waals surface area (Å²) in [5.41, 5.74) is 8.75. The minimum atomic E-state index is 0.521. The molecule has 0 radical (unpaired) electrons. The van der Waals surface area contributed by atoms with Crippen molar-refractivity contribution in [2.75, 3.05) is 17.6 Å². The second kappa shape index (κ2) is 4.89. The van der Waals surface area contributed by atoms with Gasteiger partial charge in [0, 0.05) is 30.3 Å². The Morgan fingerprint density at radius 3 is 3.00 bits per heavy atom. The van der Waals surface area contributed by atoms with Gasteiger partial charge in [0.05, 0.1) is 11.2 Å². The molecule has 0 aromatic carbocycles. The monoisotopic (exact) mass is 261 g/mol. The van der Waals surface area contributed by atoms with Gasteiger partial charge in [-0.05, 0) is 12.8 Å². The zero-order chi connectivity index (χ0) is 12.4. The third kappa shape index (κ3) is 2.76. The number of hydrogen-bond donors (Lipinski definition) is 2. The minimum Gasteiger partial charge on any atom is -0.384 e. The number of anilines is 2. The summed E-state index contributed by atoms with van der Waals surface area (Å²) in [6.45, 7) is 0.810. The largest absolute Gasteiger partial charge is 0.384 e. The molecule has 0 amide bonds. The number of nitrogens with zero attached hydrogens (tertiary/aromatic N) is 3. The second-order valence-electron chi connectivity index (χ2n) is 4.47. The predicted octanol–water partition coefficient (Wildman–Crippen LogP) is 2.05. The van der Waals surface area contributed by atoms with Crippen molar-refractivity contribution in [3.63, 3.8) is 0 Å². The van der Waals surface area contributed by atoms with E-state index in [0.717, 1.165) is 30.3 Å². The Morgan fingerprint density at radius 1 is 1.39 bits per heavy atom. The third-order valence-electron chi connectivity index (χ3n) is 2.88. The van der Waals surface area contributed by atoms with Gasteiger partial charge in [0.1, 0.15) is 17.5 Å². The summed E-state index contributed by atoms with van der Waals surface area (Å²) in [7, 11) is 0. The van der Waals surface area contributed by atoms with Crippen LogP contribution in [0.4, 0.5) is 11.6 Å². The van der Waals surface area contributed by atoms with E-state index in [-0.39, 0.29) is 0 Å². The van der Waals surface area contributed by atoms with Gasteiger partial charge in [-0.15, -0.1) is 11.3 Å². The lowest BCUT2D eigenvalue weighted by Gasteiger charge is -2.07. The van der Waals surface area contributed by atoms with E-state index in [4.69, 9.17) is 5.73 Å². The molecule has 2 aromatic heterocycles. The molecule has 0 aliphatic heterocycles. The normalized spacial score (nSPS) is 14.7. The van der Waals surface area contributed by atoms with Crippen LogP contribution in [0.25, 0.3) is 0 Å². The zero-order valence-corrected chi connectivity index (χ0v) is 10.8. The number of nitrogens with two attached hydrogens (primary N) is 1. The number of nitrogen functional groups attached to an aromatic ring is 1. The number of thiazole rings is 1. The molecular formula is C12H15N5S. The lowest BCUT2D eigenvalue weighted by Crippen LogP contribution is -2.09. The van der Waals surface area contributed by atoms with Crippen molar-refractivity contribution in [2.45, 2.75) is 25.2 Å². The number of hydrogen-bond acceptors (Lipinski definition) is 6. The standard InChI is InChI=1S/C12H15N5S/c13-10-5-11(17-12(16-10)8-1-2-8)14-4-3-9-6-18-7-15-9/h5-8H,1-4H2,(H3,13,14,16,17). The van der Waals surface area contributed by atoms with Crippen molar-refractivity contribution in [2.24, 2.45) is 0 Å². The van der Waals surface area contributed by atoms with Gasteiger partial charge in [-0.3, -0.25) is 0 Å². The van der Waals surface area contributed by atoms with Crippen molar-refractivity contribution in [1.29, 1.82) is 0 Å². The van der Waals surface area contributed by atoms with Crippen LogP contribution in [0.15, 0.2) is 17.0 Å². The van der Waals surface area contributed by atoms with Crippen LogP contribution >= 0.6 is 11.3 Å². The zero-order valence-electron chi connectivity index (χ0n) is 9.97. The smallest absolute Gasteiger partial charge is 0.136 e. The fraction of sp³-hybridized carbons (Fsp3) is 0.417. The molecule has 6 heteroatoms. The molecule has 94 valence electrons. The van der Waals surface area contributed by atoms with Crippen molar-refractivity contribution < 1.29 is 0 Å². The molecule has 2 heterocycles. The van der Waals surface area contributed by atoms with E-state index >= 15 is 0 Å². The van der Waals surface area contributed by atoms with E-state index in [0.29, 0.717) is 11.7 Å². The SMILES string of the molecule is Nc1cc(NCCc2cscn2)nc(C2CC2)n1. The Balaban J connectivity index is 1.61. The van der Waals surface area contributed by atoms with Crippen LogP contribution in [0.2, 0.25) is 0 Å². The van der Waals surface area contributed by atoms with Crippen LogP contribution in [0.5, 0.6) is 0 Å². The molecule has 18 heavy (non-hydrogen) atoms. The number of rotatable bonds is 5. The summed E-state index contributed by atoms with van der Waals surface area (Å²) in [4.78, 5) is 13.0. The van der Waals surface area contributed by atoms with E-state index < -0.39 is 0 Å². The van der Waals surface area contributed by atoms with E-state index in [1.165, 1.54) is 12.8 Å². The van der Waals surface area contributed by atoms with Crippen LogP contribution in [0, 0.1) is 0 Å². The number of nitrogens with one attached hydrogen (secondary N) is 1. The molecular weight excluding hydrogens is 246 g/mol.